The zero-order valence-electron chi connectivity index (χ0n) is 10.6. The molecule has 2 N–H and O–H groups in total. The summed E-state index contributed by atoms with van der Waals surface area (Å²) in [6.45, 7) is 3.78. The summed E-state index contributed by atoms with van der Waals surface area (Å²) in [5.74, 6) is 0.565. The number of hydrogen-bond donors (Lipinski definition) is 2. The smallest absolute Gasteiger partial charge is 0.258 e. The number of pyridine rings is 1. The molecule has 0 bridgehead atoms. The Morgan fingerprint density at radius 1 is 1.50 bits per heavy atom. The second-order valence-corrected chi connectivity index (χ2v) is 4.40. The second-order valence-electron chi connectivity index (χ2n) is 4.40. The maximum absolute atomic E-state index is 11.4. The lowest BCUT2D eigenvalue weighted by atomic mass is 10.3. The van der Waals surface area contributed by atoms with Crippen molar-refractivity contribution in [3.63, 3.8) is 0 Å². The number of amides is 1. The van der Waals surface area contributed by atoms with Crippen LogP contribution in [0, 0.1) is 0 Å². The van der Waals surface area contributed by atoms with Crippen LogP contribution in [0.25, 0.3) is 0 Å². The largest absolute Gasteiger partial charge is 0.482 e. The molecule has 0 aliphatic heterocycles. The highest BCUT2D eigenvalue weighted by Gasteiger charge is 2.23. The van der Waals surface area contributed by atoms with Crippen molar-refractivity contribution in [2.45, 2.75) is 32.4 Å². The first-order valence-corrected chi connectivity index (χ1v) is 6.35. The molecule has 18 heavy (non-hydrogen) atoms. The minimum atomic E-state index is -0.0609. The van der Waals surface area contributed by atoms with Crippen LogP contribution in [-0.2, 0) is 11.3 Å². The van der Waals surface area contributed by atoms with E-state index < -0.39 is 0 Å². The molecule has 1 heterocycles. The molecular weight excluding hydrogens is 230 g/mol. The van der Waals surface area contributed by atoms with Gasteiger partial charge in [0.05, 0.1) is 11.9 Å². The third kappa shape index (κ3) is 4.33. The topological polar surface area (TPSA) is 63.2 Å². The summed E-state index contributed by atoms with van der Waals surface area (Å²) in [6, 6.07) is 4.11. The molecule has 5 heteroatoms. The third-order valence-electron chi connectivity index (χ3n) is 2.67. The highest BCUT2D eigenvalue weighted by molar-refractivity contribution is 5.78. The lowest BCUT2D eigenvalue weighted by Gasteiger charge is -2.07. The van der Waals surface area contributed by atoms with E-state index in [0.29, 0.717) is 11.8 Å². The molecule has 0 atom stereocenters. The van der Waals surface area contributed by atoms with Gasteiger partial charge in [0.25, 0.3) is 5.91 Å². The average molecular weight is 249 g/mol. The molecule has 0 radical (unpaired) electrons. The first-order chi connectivity index (χ1) is 8.78. The number of hydrogen-bond acceptors (Lipinski definition) is 4. The van der Waals surface area contributed by atoms with E-state index in [1.807, 2.05) is 12.1 Å². The molecule has 1 amide bonds. The molecule has 98 valence electrons. The Bertz CT molecular complexity index is 388. The van der Waals surface area contributed by atoms with Gasteiger partial charge in [-0.1, -0.05) is 6.92 Å². The van der Waals surface area contributed by atoms with Gasteiger partial charge < -0.3 is 15.4 Å². The molecule has 0 aromatic carbocycles. The number of carbonyl (C=O) groups is 1. The first kappa shape index (κ1) is 12.8. The van der Waals surface area contributed by atoms with Gasteiger partial charge in [-0.25, -0.2) is 0 Å². The molecule has 1 fully saturated rings. The Kier molecular flexibility index (Phi) is 4.52. The van der Waals surface area contributed by atoms with Gasteiger partial charge in [-0.2, -0.15) is 0 Å². The van der Waals surface area contributed by atoms with Gasteiger partial charge in [0, 0.05) is 12.6 Å². The van der Waals surface area contributed by atoms with Crippen molar-refractivity contribution in [1.29, 1.82) is 0 Å². The van der Waals surface area contributed by atoms with Crippen LogP contribution >= 0.6 is 0 Å². The van der Waals surface area contributed by atoms with Crippen LogP contribution in [0.2, 0.25) is 0 Å². The molecule has 1 aromatic heterocycles. The molecule has 0 unspecified atom stereocenters. The van der Waals surface area contributed by atoms with E-state index in [9.17, 15) is 4.79 Å². The van der Waals surface area contributed by atoms with Crippen LogP contribution in [0.4, 0.5) is 0 Å². The highest BCUT2D eigenvalue weighted by Crippen LogP contribution is 2.18. The maximum atomic E-state index is 11.4. The van der Waals surface area contributed by atoms with E-state index in [1.54, 1.807) is 6.20 Å². The van der Waals surface area contributed by atoms with Crippen molar-refractivity contribution in [2.24, 2.45) is 0 Å². The van der Waals surface area contributed by atoms with Crippen LogP contribution in [0.1, 0.15) is 25.5 Å². The zero-order chi connectivity index (χ0) is 12.8. The van der Waals surface area contributed by atoms with E-state index in [4.69, 9.17) is 4.74 Å². The molecule has 1 aromatic rings. The minimum absolute atomic E-state index is 0.0603. The van der Waals surface area contributed by atoms with Crippen molar-refractivity contribution in [3.05, 3.63) is 24.0 Å². The summed E-state index contributed by atoms with van der Waals surface area (Å²) in [6.07, 6.45) is 3.83. The van der Waals surface area contributed by atoms with Gasteiger partial charge in [-0.3, -0.25) is 9.78 Å². The van der Waals surface area contributed by atoms with Gasteiger partial charge in [0.1, 0.15) is 5.75 Å². The predicted molar refractivity (Wildman–Crippen MR) is 68.3 cm³/mol. The van der Waals surface area contributed by atoms with E-state index >= 15 is 0 Å². The van der Waals surface area contributed by atoms with Crippen molar-refractivity contribution in [2.75, 3.05) is 13.2 Å². The Morgan fingerprint density at radius 2 is 2.33 bits per heavy atom. The standard InChI is InChI=1S/C13H19N3O2/c1-2-14-7-11-5-6-12(8-15-11)18-9-13(17)16-10-3-4-10/h5-6,8,10,14H,2-4,7,9H2,1H3,(H,16,17). The predicted octanol–water partition coefficient (Wildman–Crippen LogP) is 0.848. The summed E-state index contributed by atoms with van der Waals surface area (Å²) < 4.78 is 5.36. The lowest BCUT2D eigenvalue weighted by molar-refractivity contribution is -0.123. The Labute approximate surface area is 107 Å². The Morgan fingerprint density at radius 3 is 2.94 bits per heavy atom. The van der Waals surface area contributed by atoms with Crippen molar-refractivity contribution >= 4 is 5.91 Å². The zero-order valence-corrected chi connectivity index (χ0v) is 10.6. The third-order valence-corrected chi connectivity index (χ3v) is 2.67. The van der Waals surface area contributed by atoms with Crippen molar-refractivity contribution < 1.29 is 9.53 Å². The SMILES string of the molecule is CCNCc1ccc(OCC(=O)NC2CC2)cn1. The monoisotopic (exact) mass is 249 g/mol. The normalized spacial score (nSPS) is 14.3. The molecule has 0 spiro atoms. The summed E-state index contributed by atoms with van der Waals surface area (Å²) in [5, 5.41) is 6.06. The summed E-state index contributed by atoms with van der Waals surface area (Å²) in [4.78, 5) is 15.7. The molecule has 0 saturated heterocycles. The Balaban J connectivity index is 1.73. The van der Waals surface area contributed by atoms with Crippen molar-refractivity contribution in [1.82, 2.24) is 15.6 Å². The van der Waals surface area contributed by atoms with Crippen LogP contribution in [0.15, 0.2) is 18.3 Å². The van der Waals surface area contributed by atoms with Gasteiger partial charge in [-0.15, -0.1) is 0 Å². The maximum Gasteiger partial charge on any atom is 0.258 e. The first-order valence-electron chi connectivity index (χ1n) is 6.35. The number of ether oxygens (including phenoxy) is 1. The molecule has 5 nitrogen and oxygen atoms in total. The number of nitrogens with one attached hydrogen (secondary N) is 2. The fraction of sp³-hybridized carbons (Fsp3) is 0.538. The fourth-order valence-corrected chi connectivity index (χ4v) is 1.50. The van der Waals surface area contributed by atoms with Crippen LogP contribution in [-0.4, -0.2) is 30.1 Å². The van der Waals surface area contributed by atoms with Gasteiger partial charge in [-0.05, 0) is 31.5 Å². The van der Waals surface area contributed by atoms with E-state index in [0.717, 1.165) is 31.6 Å². The molecule has 2 rings (SSSR count). The molecule has 1 aliphatic rings. The number of rotatable bonds is 7. The summed E-state index contributed by atoms with van der Waals surface area (Å²) in [5.41, 5.74) is 0.964. The van der Waals surface area contributed by atoms with Gasteiger partial charge in [0.2, 0.25) is 0 Å². The average Bonchev–Trinajstić information content (AvgIpc) is 3.19. The van der Waals surface area contributed by atoms with Crippen LogP contribution in [0.5, 0.6) is 5.75 Å². The number of aromatic nitrogens is 1. The number of nitrogens with zero attached hydrogens (tertiary/aromatic N) is 1. The highest BCUT2D eigenvalue weighted by atomic mass is 16.5. The van der Waals surface area contributed by atoms with Gasteiger partial charge >= 0.3 is 0 Å². The van der Waals surface area contributed by atoms with E-state index in [2.05, 4.69) is 22.5 Å². The molecule has 1 saturated carbocycles. The quantitative estimate of drug-likeness (QED) is 0.752. The van der Waals surface area contributed by atoms with Crippen LogP contribution in [0.3, 0.4) is 0 Å². The fourth-order valence-electron chi connectivity index (χ4n) is 1.50. The van der Waals surface area contributed by atoms with Gasteiger partial charge in [0.15, 0.2) is 6.61 Å². The minimum Gasteiger partial charge on any atom is -0.482 e. The number of carbonyl (C=O) groups excluding carboxylic acids is 1. The van der Waals surface area contributed by atoms with Crippen LogP contribution < -0.4 is 15.4 Å². The van der Waals surface area contributed by atoms with E-state index in [-0.39, 0.29) is 12.5 Å². The van der Waals surface area contributed by atoms with E-state index in [1.165, 1.54) is 0 Å². The summed E-state index contributed by atoms with van der Waals surface area (Å²) in [7, 11) is 0. The molecule has 1 aliphatic carbocycles. The summed E-state index contributed by atoms with van der Waals surface area (Å²) >= 11 is 0. The lowest BCUT2D eigenvalue weighted by Crippen LogP contribution is -2.30. The Hall–Kier alpha value is -1.62. The second kappa shape index (κ2) is 6.35. The van der Waals surface area contributed by atoms with Crippen molar-refractivity contribution in [3.8, 4) is 5.75 Å². The molecular formula is C13H19N3O2.